The van der Waals surface area contributed by atoms with E-state index in [2.05, 4.69) is 32.7 Å². The first-order chi connectivity index (χ1) is 15.1. The summed E-state index contributed by atoms with van der Waals surface area (Å²) >= 11 is 12.3. The van der Waals surface area contributed by atoms with Crippen molar-refractivity contribution in [2.75, 3.05) is 0 Å². The van der Waals surface area contributed by atoms with Crippen molar-refractivity contribution in [1.82, 2.24) is 14.5 Å². The summed E-state index contributed by atoms with van der Waals surface area (Å²) in [5.41, 5.74) is 4.50. The highest BCUT2D eigenvalue weighted by molar-refractivity contribution is 6.35. The second-order valence-electron chi connectivity index (χ2n) is 9.21. The molecule has 0 saturated heterocycles. The van der Waals surface area contributed by atoms with Gasteiger partial charge >= 0.3 is 0 Å². The van der Waals surface area contributed by atoms with E-state index in [0.29, 0.717) is 34.3 Å². The van der Waals surface area contributed by atoms with Gasteiger partial charge in [-0.25, -0.2) is 9.97 Å². The smallest absolute Gasteiger partial charge is 0.297 e. The molecule has 0 bridgehead atoms. The Morgan fingerprint density at radius 2 is 2.00 bits per heavy atom. The lowest BCUT2D eigenvalue weighted by Gasteiger charge is -2.33. The van der Waals surface area contributed by atoms with Gasteiger partial charge in [-0.05, 0) is 43.0 Å². The molecule has 0 spiro atoms. The molecule has 0 radical (unpaired) electrons. The minimum atomic E-state index is -0.320. The summed E-state index contributed by atoms with van der Waals surface area (Å²) < 4.78 is 13.6. The molecule has 6 nitrogen and oxygen atoms in total. The van der Waals surface area contributed by atoms with Crippen LogP contribution in [-0.2, 0) is 24.3 Å². The number of benzene rings is 1. The maximum atomic E-state index is 13.3. The average Bonchev–Trinajstić information content (AvgIpc) is 3.10. The van der Waals surface area contributed by atoms with Crippen LogP contribution in [0.15, 0.2) is 33.7 Å². The summed E-state index contributed by atoms with van der Waals surface area (Å²) in [5, 5.41) is 1.85. The number of fused-ring (bicyclic) bond motifs is 5. The van der Waals surface area contributed by atoms with E-state index in [-0.39, 0.29) is 29.2 Å². The molecule has 0 aliphatic carbocycles. The lowest BCUT2D eigenvalue weighted by atomic mass is 9.87. The highest BCUT2D eigenvalue weighted by Crippen LogP contribution is 2.39. The highest BCUT2D eigenvalue weighted by atomic mass is 35.5. The molecule has 0 saturated carbocycles. The summed E-state index contributed by atoms with van der Waals surface area (Å²) in [6.45, 7) is 9.07. The van der Waals surface area contributed by atoms with Crippen molar-refractivity contribution in [2.24, 2.45) is 0 Å². The molecular formula is C24H23Cl2N3O3. The molecule has 0 unspecified atom stereocenters. The van der Waals surface area contributed by atoms with E-state index in [9.17, 15) is 4.79 Å². The normalized spacial score (nSPS) is 15.6. The molecule has 1 aromatic carbocycles. The lowest BCUT2D eigenvalue weighted by molar-refractivity contribution is -0.0402. The third-order valence-corrected chi connectivity index (χ3v) is 6.54. The fraction of sp³-hybridized carbons (Fsp3) is 0.375. The molecule has 0 amide bonds. The third-order valence-electron chi connectivity index (χ3n) is 5.96. The summed E-state index contributed by atoms with van der Waals surface area (Å²) in [6, 6.07) is 5.20. The van der Waals surface area contributed by atoms with E-state index < -0.39 is 0 Å². The van der Waals surface area contributed by atoms with Gasteiger partial charge < -0.3 is 9.15 Å². The zero-order chi connectivity index (χ0) is 22.8. The van der Waals surface area contributed by atoms with Gasteiger partial charge in [-0.1, -0.05) is 43.1 Å². The summed E-state index contributed by atoms with van der Waals surface area (Å²) in [5.74, 6) is 0.197. The van der Waals surface area contributed by atoms with Crippen LogP contribution >= 0.6 is 23.2 Å². The molecular weight excluding hydrogens is 449 g/mol. The Kier molecular flexibility index (Phi) is 5.08. The number of ether oxygens (including phenoxy) is 1. The molecule has 8 heteroatoms. The summed E-state index contributed by atoms with van der Waals surface area (Å²) in [4.78, 5) is 22.7. The van der Waals surface area contributed by atoms with Crippen molar-refractivity contribution in [3.05, 3.63) is 67.3 Å². The van der Waals surface area contributed by atoms with Crippen LogP contribution in [0.2, 0.25) is 10.0 Å². The SMILES string of the molecule is CC(C)c1nc2oc3c(=O)n(Cc4ccc(Cl)cc4Cl)cnc3c2c2c1COC(C)(C)C2. The Morgan fingerprint density at radius 1 is 1.22 bits per heavy atom. The topological polar surface area (TPSA) is 70.2 Å². The van der Waals surface area contributed by atoms with Gasteiger partial charge in [0, 0.05) is 22.0 Å². The van der Waals surface area contributed by atoms with Crippen LogP contribution in [0.1, 0.15) is 56.0 Å². The molecule has 1 aliphatic heterocycles. The van der Waals surface area contributed by atoms with Crippen molar-refractivity contribution < 1.29 is 9.15 Å². The van der Waals surface area contributed by atoms with Crippen LogP contribution in [0.4, 0.5) is 0 Å². The van der Waals surface area contributed by atoms with Gasteiger partial charge in [0.2, 0.25) is 11.3 Å². The highest BCUT2D eigenvalue weighted by Gasteiger charge is 2.33. The Hall–Kier alpha value is -2.41. The van der Waals surface area contributed by atoms with Crippen LogP contribution in [-0.4, -0.2) is 20.1 Å². The van der Waals surface area contributed by atoms with Crippen LogP contribution in [0.3, 0.4) is 0 Å². The Bertz CT molecular complexity index is 1440. The Balaban J connectivity index is 1.72. The van der Waals surface area contributed by atoms with Gasteiger partial charge in [-0.3, -0.25) is 9.36 Å². The molecule has 166 valence electrons. The van der Waals surface area contributed by atoms with E-state index in [4.69, 9.17) is 37.3 Å². The van der Waals surface area contributed by atoms with Gasteiger partial charge in [-0.2, -0.15) is 0 Å². The molecule has 0 N–H and O–H groups in total. The van der Waals surface area contributed by atoms with Crippen molar-refractivity contribution in [3.63, 3.8) is 0 Å². The van der Waals surface area contributed by atoms with Crippen LogP contribution < -0.4 is 5.56 Å². The minimum absolute atomic E-state index is 0.197. The number of nitrogens with zero attached hydrogens (tertiary/aromatic N) is 3. The second-order valence-corrected chi connectivity index (χ2v) is 10.1. The maximum absolute atomic E-state index is 13.3. The number of rotatable bonds is 3. The maximum Gasteiger partial charge on any atom is 0.297 e. The second kappa shape index (κ2) is 7.58. The molecule has 4 aromatic rings. The zero-order valence-electron chi connectivity index (χ0n) is 18.3. The molecule has 32 heavy (non-hydrogen) atoms. The minimum Gasteiger partial charge on any atom is -0.430 e. The molecule has 1 aliphatic rings. The largest absolute Gasteiger partial charge is 0.430 e. The summed E-state index contributed by atoms with van der Waals surface area (Å²) in [7, 11) is 0. The van der Waals surface area contributed by atoms with Crippen molar-refractivity contribution in [3.8, 4) is 0 Å². The predicted molar refractivity (Wildman–Crippen MR) is 126 cm³/mol. The quantitative estimate of drug-likeness (QED) is 0.373. The predicted octanol–water partition coefficient (Wildman–Crippen LogP) is 5.87. The Morgan fingerprint density at radius 3 is 2.72 bits per heavy atom. The first-order valence-electron chi connectivity index (χ1n) is 10.6. The summed E-state index contributed by atoms with van der Waals surface area (Å²) in [6.07, 6.45) is 2.23. The first kappa shape index (κ1) is 21.4. The van der Waals surface area contributed by atoms with E-state index in [1.165, 1.54) is 10.9 Å². The molecule has 4 heterocycles. The standard InChI is InChI=1S/C24H23Cl2N3O3/c1-12(2)19-16-10-31-24(3,4)8-15(16)18-20-21(32-22(18)28-19)23(30)29(11-27-20)9-13-5-6-14(25)7-17(13)26/h5-7,11-12H,8-10H2,1-4H3. The third kappa shape index (κ3) is 3.51. The van der Waals surface area contributed by atoms with E-state index in [0.717, 1.165) is 27.8 Å². The van der Waals surface area contributed by atoms with Gasteiger partial charge in [0.15, 0.2) is 0 Å². The molecule has 3 aromatic heterocycles. The van der Waals surface area contributed by atoms with E-state index in [1.54, 1.807) is 18.2 Å². The van der Waals surface area contributed by atoms with Gasteiger partial charge in [0.05, 0.1) is 36.2 Å². The van der Waals surface area contributed by atoms with Crippen LogP contribution in [0, 0.1) is 0 Å². The van der Waals surface area contributed by atoms with E-state index in [1.807, 2.05) is 0 Å². The number of pyridine rings is 1. The number of halogens is 2. The monoisotopic (exact) mass is 471 g/mol. The fourth-order valence-corrected chi connectivity index (χ4v) is 4.81. The fourth-order valence-electron chi connectivity index (χ4n) is 4.35. The van der Waals surface area contributed by atoms with Gasteiger partial charge in [-0.15, -0.1) is 0 Å². The molecule has 0 atom stereocenters. The molecule has 0 fully saturated rings. The van der Waals surface area contributed by atoms with Crippen molar-refractivity contribution in [2.45, 2.75) is 58.8 Å². The number of hydrogen-bond donors (Lipinski definition) is 0. The Labute approximate surface area is 195 Å². The van der Waals surface area contributed by atoms with Crippen molar-refractivity contribution >= 4 is 45.4 Å². The first-order valence-corrected chi connectivity index (χ1v) is 11.3. The van der Waals surface area contributed by atoms with Gasteiger partial charge in [0.25, 0.3) is 5.56 Å². The number of hydrogen-bond acceptors (Lipinski definition) is 5. The van der Waals surface area contributed by atoms with E-state index >= 15 is 0 Å². The van der Waals surface area contributed by atoms with Crippen LogP contribution in [0.5, 0.6) is 0 Å². The molecule has 5 rings (SSSR count). The van der Waals surface area contributed by atoms with Gasteiger partial charge in [0.1, 0.15) is 5.52 Å². The van der Waals surface area contributed by atoms with Crippen molar-refractivity contribution in [1.29, 1.82) is 0 Å². The average molecular weight is 472 g/mol. The number of aromatic nitrogens is 3. The lowest BCUT2D eigenvalue weighted by Crippen LogP contribution is -2.33. The van der Waals surface area contributed by atoms with Crippen LogP contribution in [0.25, 0.3) is 22.2 Å². The zero-order valence-corrected chi connectivity index (χ0v) is 19.8. The number of furan rings is 1.